The van der Waals surface area contributed by atoms with E-state index in [9.17, 15) is 19.2 Å². The van der Waals surface area contributed by atoms with Gasteiger partial charge in [0.15, 0.2) is 0 Å². The number of amides is 1. The van der Waals surface area contributed by atoms with Crippen LogP contribution in [0.5, 0.6) is 28.7 Å². The normalized spacial score (nSPS) is 10.9. The molecule has 0 heterocycles. The Morgan fingerprint density at radius 2 is 0.676 bits per heavy atom. The molecule has 362 valence electrons. The summed E-state index contributed by atoms with van der Waals surface area (Å²) in [5, 5.41) is 2.80. The van der Waals surface area contributed by atoms with Crippen LogP contribution >= 0.6 is 0 Å². The van der Waals surface area contributed by atoms with Gasteiger partial charge in [-0.1, -0.05) is 135 Å². The minimum Gasteiger partial charge on any atom is -0.494 e. The predicted molar refractivity (Wildman–Crippen MR) is 270 cm³/mol. The van der Waals surface area contributed by atoms with Crippen LogP contribution in [0.2, 0.25) is 0 Å². The standard InChI is InChI=1S/C58H71NO9/c1-3-5-7-9-11-13-15-17-19-21-42-64-50-34-32-48(33-35-50)57(62)66-52-36-30-45(31-37-52)55(60)59-49-24-23-25-54(44-49)68-58(63)47-28-26-46(27-29-47)56(61)67-53-40-38-51(39-41-53)65-43-22-20-18-16-14-12-10-8-6-4-2/h23-41,44H,3-22,42-43H2,1-2H3,(H,59,60). The average Bonchev–Trinajstić information content (AvgIpc) is 3.36. The van der Waals surface area contributed by atoms with E-state index in [1.54, 1.807) is 91.0 Å². The van der Waals surface area contributed by atoms with E-state index in [0.29, 0.717) is 41.5 Å². The van der Waals surface area contributed by atoms with Gasteiger partial charge in [0.2, 0.25) is 0 Å². The summed E-state index contributed by atoms with van der Waals surface area (Å²) >= 11 is 0. The molecule has 0 aliphatic heterocycles. The third kappa shape index (κ3) is 19.8. The first kappa shape index (κ1) is 52.5. The van der Waals surface area contributed by atoms with Crippen LogP contribution in [-0.4, -0.2) is 37.0 Å². The smallest absolute Gasteiger partial charge is 0.343 e. The van der Waals surface area contributed by atoms with Crippen molar-refractivity contribution in [1.29, 1.82) is 0 Å². The molecule has 10 nitrogen and oxygen atoms in total. The first-order chi connectivity index (χ1) is 33.3. The fraction of sp³-hybridized carbons (Fsp3) is 0.414. The lowest BCUT2D eigenvalue weighted by molar-refractivity contribution is 0.0720. The van der Waals surface area contributed by atoms with Gasteiger partial charge in [-0.25, -0.2) is 14.4 Å². The van der Waals surface area contributed by atoms with Gasteiger partial charge in [0.05, 0.1) is 29.9 Å². The molecule has 0 fully saturated rings. The molecular weight excluding hydrogens is 855 g/mol. The predicted octanol–water partition coefficient (Wildman–Crippen LogP) is 15.2. The number of unbranched alkanes of at least 4 members (excludes halogenated alkanes) is 18. The van der Waals surface area contributed by atoms with Gasteiger partial charge in [-0.2, -0.15) is 0 Å². The van der Waals surface area contributed by atoms with Crippen molar-refractivity contribution in [3.63, 3.8) is 0 Å². The van der Waals surface area contributed by atoms with E-state index in [4.69, 9.17) is 23.7 Å². The number of hydrogen-bond acceptors (Lipinski definition) is 9. The fourth-order valence-electron chi connectivity index (χ4n) is 7.61. The molecule has 0 spiro atoms. The molecule has 0 aliphatic carbocycles. The summed E-state index contributed by atoms with van der Waals surface area (Å²) in [6, 6.07) is 32.5. The molecule has 0 aliphatic rings. The summed E-state index contributed by atoms with van der Waals surface area (Å²) in [5.74, 6) is 0.172. The molecular formula is C58H71NO9. The third-order valence-corrected chi connectivity index (χ3v) is 11.6. The first-order valence-electron chi connectivity index (χ1n) is 25.0. The van der Waals surface area contributed by atoms with Crippen molar-refractivity contribution in [3.05, 3.63) is 144 Å². The van der Waals surface area contributed by atoms with Crippen molar-refractivity contribution in [3.8, 4) is 28.7 Å². The number of ether oxygens (including phenoxy) is 5. The molecule has 10 heteroatoms. The zero-order valence-electron chi connectivity index (χ0n) is 40.3. The molecule has 5 aromatic carbocycles. The maximum absolute atomic E-state index is 13.1. The number of benzene rings is 5. The molecule has 0 atom stereocenters. The molecule has 0 saturated heterocycles. The Hall–Kier alpha value is -6.42. The Morgan fingerprint density at radius 3 is 1.10 bits per heavy atom. The van der Waals surface area contributed by atoms with Crippen molar-refractivity contribution >= 4 is 29.5 Å². The van der Waals surface area contributed by atoms with E-state index in [0.717, 1.165) is 31.4 Å². The molecule has 5 aromatic rings. The number of esters is 3. The van der Waals surface area contributed by atoms with Crippen LogP contribution < -0.4 is 29.0 Å². The first-order valence-corrected chi connectivity index (χ1v) is 25.0. The number of rotatable bonds is 32. The Balaban J connectivity index is 0.974. The number of anilines is 1. The maximum Gasteiger partial charge on any atom is 0.343 e. The zero-order valence-corrected chi connectivity index (χ0v) is 40.3. The van der Waals surface area contributed by atoms with Gasteiger partial charge in [0.1, 0.15) is 28.7 Å². The van der Waals surface area contributed by atoms with Crippen LogP contribution in [0.4, 0.5) is 5.69 Å². The fourth-order valence-corrected chi connectivity index (χ4v) is 7.61. The maximum atomic E-state index is 13.1. The zero-order chi connectivity index (χ0) is 48.0. The van der Waals surface area contributed by atoms with Crippen molar-refractivity contribution in [2.75, 3.05) is 18.5 Å². The van der Waals surface area contributed by atoms with E-state index in [1.165, 1.54) is 133 Å². The molecule has 0 aromatic heterocycles. The van der Waals surface area contributed by atoms with Gasteiger partial charge >= 0.3 is 17.9 Å². The molecule has 1 N–H and O–H groups in total. The molecule has 0 saturated carbocycles. The van der Waals surface area contributed by atoms with Crippen LogP contribution in [0.1, 0.15) is 184 Å². The molecule has 68 heavy (non-hydrogen) atoms. The topological polar surface area (TPSA) is 126 Å². The van der Waals surface area contributed by atoms with Crippen molar-refractivity contribution < 1.29 is 42.9 Å². The Labute approximate surface area is 404 Å². The summed E-state index contributed by atoms with van der Waals surface area (Å²) in [7, 11) is 0. The number of carbonyl (C=O) groups is 4. The number of hydrogen-bond donors (Lipinski definition) is 1. The second-order valence-electron chi connectivity index (χ2n) is 17.3. The van der Waals surface area contributed by atoms with E-state index in [1.807, 2.05) is 0 Å². The lowest BCUT2D eigenvalue weighted by Crippen LogP contribution is -2.13. The summed E-state index contributed by atoms with van der Waals surface area (Å²) in [5.41, 5.74) is 1.60. The van der Waals surface area contributed by atoms with Gasteiger partial charge in [-0.15, -0.1) is 0 Å². The quantitative estimate of drug-likeness (QED) is 0.0255. The van der Waals surface area contributed by atoms with Crippen molar-refractivity contribution in [2.45, 2.75) is 142 Å². The highest BCUT2D eigenvalue weighted by Gasteiger charge is 2.15. The highest BCUT2D eigenvalue weighted by molar-refractivity contribution is 6.04. The van der Waals surface area contributed by atoms with Crippen LogP contribution in [0.25, 0.3) is 0 Å². The molecule has 1 amide bonds. The summed E-state index contributed by atoms with van der Waals surface area (Å²) in [6.07, 6.45) is 25.3. The molecule has 0 unspecified atom stereocenters. The molecule has 5 rings (SSSR count). The van der Waals surface area contributed by atoms with Gasteiger partial charge < -0.3 is 29.0 Å². The highest BCUT2D eigenvalue weighted by Crippen LogP contribution is 2.23. The van der Waals surface area contributed by atoms with Crippen LogP contribution in [-0.2, 0) is 0 Å². The van der Waals surface area contributed by atoms with E-state index in [2.05, 4.69) is 19.2 Å². The van der Waals surface area contributed by atoms with Gasteiger partial charge in [0.25, 0.3) is 5.91 Å². The lowest BCUT2D eigenvalue weighted by atomic mass is 10.1. The van der Waals surface area contributed by atoms with Crippen molar-refractivity contribution in [1.82, 2.24) is 0 Å². The van der Waals surface area contributed by atoms with E-state index < -0.39 is 23.8 Å². The minimum absolute atomic E-state index is 0.211. The van der Waals surface area contributed by atoms with Gasteiger partial charge in [-0.05, 0) is 122 Å². The second kappa shape index (κ2) is 30.8. The summed E-state index contributed by atoms with van der Waals surface area (Å²) in [4.78, 5) is 51.8. The highest BCUT2D eigenvalue weighted by atomic mass is 16.5. The monoisotopic (exact) mass is 926 g/mol. The number of nitrogens with one attached hydrogen (secondary N) is 1. The largest absolute Gasteiger partial charge is 0.494 e. The molecule has 0 radical (unpaired) electrons. The van der Waals surface area contributed by atoms with Gasteiger partial charge in [-0.3, -0.25) is 4.79 Å². The van der Waals surface area contributed by atoms with E-state index >= 15 is 0 Å². The minimum atomic E-state index is -0.643. The SMILES string of the molecule is CCCCCCCCCCCCOc1ccc(OC(=O)c2ccc(C(=O)Oc3cccc(NC(=O)c4ccc(OC(=O)c5ccc(OCCCCCCCCCCCC)cc5)cc4)c3)cc2)cc1. The van der Waals surface area contributed by atoms with Crippen LogP contribution in [0.15, 0.2) is 121 Å². The van der Waals surface area contributed by atoms with Crippen molar-refractivity contribution in [2.24, 2.45) is 0 Å². The Kier molecular flexibility index (Phi) is 23.8. The van der Waals surface area contributed by atoms with Gasteiger partial charge in [0, 0.05) is 17.3 Å². The average molecular weight is 926 g/mol. The third-order valence-electron chi connectivity index (χ3n) is 11.6. The summed E-state index contributed by atoms with van der Waals surface area (Å²) < 4.78 is 28.4. The van der Waals surface area contributed by atoms with E-state index in [-0.39, 0.29) is 22.6 Å². The Bertz CT molecular complexity index is 2240. The second-order valence-corrected chi connectivity index (χ2v) is 17.3. The molecule has 0 bridgehead atoms. The van der Waals surface area contributed by atoms with Crippen LogP contribution in [0.3, 0.4) is 0 Å². The lowest BCUT2D eigenvalue weighted by Gasteiger charge is -2.10. The number of carbonyl (C=O) groups excluding carboxylic acids is 4. The van der Waals surface area contributed by atoms with Crippen LogP contribution in [0, 0.1) is 0 Å². The Morgan fingerprint density at radius 1 is 0.353 bits per heavy atom. The summed E-state index contributed by atoms with van der Waals surface area (Å²) in [6.45, 7) is 5.78.